The van der Waals surface area contributed by atoms with E-state index in [4.69, 9.17) is 0 Å². The summed E-state index contributed by atoms with van der Waals surface area (Å²) in [6.45, 7) is 1.60. The summed E-state index contributed by atoms with van der Waals surface area (Å²) in [6, 6.07) is 11.2. The zero-order valence-electron chi connectivity index (χ0n) is 13.1. The van der Waals surface area contributed by atoms with Gasteiger partial charge in [-0.1, -0.05) is 23.9 Å². The first-order valence-corrected chi connectivity index (χ1v) is 9.10. The molecule has 3 aromatic rings. The maximum Gasteiger partial charge on any atom is 0.250 e. The summed E-state index contributed by atoms with van der Waals surface area (Å²) >= 11 is 2.84. The smallest absolute Gasteiger partial charge is 0.250 e. The van der Waals surface area contributed by atoms with Gasteiger partial charge in [0.05, 0.1) is 21.7 Å². The molecule has 0 unspecified atom stereocenters. The highest BCUT2D eigenvalue weighted by Gasteiger charge is 2.08. The number of para-hydroxylation sites is 1. The minimum Gasteiger partial charge on any atom is -0.272 e. The molecule has 0 aliphatic rings. The zero-order valence-corrected chi connectivity index (χ0v) is 14.8. The largest absolute Gasteiger partial charge is 0.272 e. The van der Waals surface area contributed by atoms with Crippen LogP contribution in [-0.4, -0.2) is 22.4 Å². The fraction of sp³-hybridized carbons (Fsp3) is 0.118. The van der Waals surface area contributed by atoms with Crippen LogP contribution in [0.5, 0.6) is 0 Å². The maximum atomic E-state index is 13.2. The van der Waals surface area contributed by atoms with E-state index in [2.05, 4.69) is 15.5 Å². The molecule has 4 nitrogen and oxygen atoms in total. The Morgan fingerprint density at radius 3 is 2.80 bits per heavy atom. The average molecular weight is 377 g/mol. The topological polar surface area (TPSA) is 54.4 Å². The molecule has 0 atom stereocenters. The van der Waals surface area contributed by atoms with Gasteiger partial charge in [-0.05, 0) is 37.3 Å². The minimum absolute atomic E-state index is 0.161. The van der Waals surface area contributed by atoms with Crippen LogP contribution in [0, 0.1) is 11.6 Å². The van der Waals surface area contributed by atoms with Crippen LogP contribution in [0.25, 0.3) is 10.2 Å². The van der Waals surface area contributed by atoms with Gasteiger partial charge in [-0.2, -0.15) is 5.10 Å². The molecule has 1 aromatic heterocycles. The SMILES string of the molecule is C/C(=N/NC(=O)CSc1nc2ccccc2s1)c1ccc(F)c(F)c1. The number of carbonyl (C=O) groups is 1. The lowest BCUT2D eigenvalue weighted by molar-refractivity contribution is -0.118. The molecule has 0 saturated carbocycles. The third-order valence-corrected chi connectivity index (χ3v) is 5.47. The van der Waals surface area contributed by atoms with Crippen molar-refractivity contribution < 1.29 is 13.6 Å². The van der Waals surface area contributed by atoms with Crippen LogP contribution in [0.2, 0.25) is 0 Å². The number of benzene rings is 2. The molecule has 0 aliphatic heterocycles. The van der Waals surface area contributed by atoms with Gasteiger partial charge < -0.3 is 0 Å². The van der Waals surface area contributed by atoms with Gasteiger partial charge in [0.15, 0.2) is 16.0 Å². The van der Waals surface area contributed by atoms with Crippen LogP contribution in [0.4, 0.5) is 8.78 Å². The van der Waals surface area contributed by atoms with Crippen molar-refractivity contribution in [2.24, 2.45) is 5.10 Å². The number of fused-ring (bicyclic) bond motifs is 1. The van der Waals surface area contributed by atoms with E-state index < -0.39 is 11.6 Å². The number of hydrogen-bond acceptors (Lipinski definition) is 5. The molecule has 25 heavy (non-hydrogen) atoms. The standard InChI is InChI=1S/C17H13F2N3OS2/c1-10(11-6-7-12(18)13(19)8-11)21-22-16(23)9-24-17-20-14-4-2-3-5-15(14)25-17/h2-8H,9H2,1H3,(H,22,23)/b21-10-. The number of aromatic nitrogens is 1. The number of thiazole rings is 1. The molecule has 2 aromatic carbocycles. The molecule has 1 amide bonds. The van der Waals surface area contributed by atoms with E-state index in [1.807, 2.05) is 24.3 Å². The monoisotopic (exact) mass is 377 g/mol. The van der Waals surface area contributed by atoms with Crippen molar-refractivity contribution in [3.8, 4) is 0 Å². The lowest BCUT2D eigenvalue weighted by atomic mass is 10.1. The highest BCUT2D eigenvalue weighted by atomic mass is 32.2. The molecule has 1 N–H and O–H groups in total. The first kappa shape index (κ1) is 17.5. The van der Waals surface area contributed by atoms with Gasteiger partial charge in [0.2, 0.25) is 0 Å². The van der Waals surface area contributed by atoms with Crippen LogP contribution in [0.15, 0.2) is 51.9 Å². The summed E-state index contributed by atoms with van der Waals surface area (Å²) in [5, 5.41) is 3.92. The van der Waals surface area contributed by atoms with E-state index >= 15 is 0 Å². The Hall–Kier alpha value is -2.32. The molecule has 8 heteroatoms. The van der Waals surface area contributed by atoms with Gasteiger partial charge in [0.25, 0.3) is 5.91 Å². The van der Waals surface area contributed by atoms with Crippen molar-refractivity contribution >= 4 is 44.9 Å². The number of nitrogens with zero attached hydrogens (tertiary/aromatic N) is 2. The van der Waals surface area contributed by atoms with Gasteiger partial charge in [0, 0.05) is 5.56 Å². The third kappa shape index (κ3) is 4.40. The van der Waals surface area contributed by atoms with E-state index in [0.717, 1.165) is 26.7 Å². The fourth-order valence-corrected chi connectivity index (χ4v) is 3.87. The van der Waals surface area contributed by atoms with E-state index in [-0.39, 0.29) is 11.7 Å². The second-order valence-electron chi connectivity index (χ2n) is 5.10. The lowest BCUT2D eigenvalue weighted by Crippen LogP contribution is -2.21. The number of hydrogen-bond donors (Lipinski definition) is 1. The Bertz CT molecular complexity index is 923. The van der Waals surface area contributed by atoms with Crippen LogP contribution in [0.1, 0.15) is 12.5 Å². The molecule has 0 radical (unpaired) electrons. The Morgan fingerprint density at radius 2 is 2.04 bits per heavy atom. The second-order valence-corrected chi connectivity index (χ2v) is 7.35. The predicted octanol–water partition coefficient (Wildman–Crippen LogP) is 4.21. The molecule has 0 fully saturated rings. The Morgan fingerprint density at radius 1 is 1.24 bits per heavy atom. The number of thioether (sulfide) groups is 1. The fourth-order valence-electron chi connectivity index (χ4n) is 2.00. The van der Waals surface area contributed by atoms with Crippen molar-refractivity contribution in [3.05, 3.63) is 59.7 Å². The first-order valence-electron chi connectivity index (χ1n) is 7.30. The third-order valence-electron chi connectivity index (χ3n) is 3.29. The quantitative estimate of drug-likeness (QED) is 0.412. The normalized spacial score (nSPS) is 11.7. The van der Waals surface area contributed by atoms with E-state index in [9.17, 15) is 13.6 Å². The molecule has 0 saturated heterocycles. The van der Waals surface area contributed by atoms with Crippen molar-refractivity contribution in [1.29, 1.82) is 0 Å². The number of halogens is 2. The van der Waals surface area contributed by atoms with Crippen LogP contribution in [0.3, 0.4) is 0 Å². The molecule has 128 valence electrons. The summed E-state index contributed by atoms with van der Waals surface area (Å²) in [7, 11) is 0. The van der Waals surface area contributed by atoms with Gasteiger partial charge in [-0.3, -0.25) is 4.79 Å². The molecular weight excluding hydrogens is 364 g/mol. The first-order chi connectivity index (χ1) is 12.0. The number of nitrogens with one attached hydrogen (secondary N) is 1. The Kier molecular flexibility index (Phi) is 5.40. The lowest BCUT2D eigenvalue weighted by Gasteiger charge is -2.03. The molecule has 0 bridgehead atoms. The Labute approximate surface area is 151 Å². The van der Waals surface area contributed by atoms with Crippen molar-refractivity contribution in [3.63, 3.8) is 0 Å². The van der Waals surface area contributed by atoms with Crippen molar-refractivity contribution in [2.45, 2.75) is 11.3 Å². The second kappa shape index (κ2) is 7.71. The van der Waals surface area contributed by atoms with E-state index in [1.54, 1.807) is 6.92 Å². The van der Waals surface area contributed by atoms with Gasteiger partial charge >= 0.3 is 0 Å². The van der Waals surface area contributed by atoms with Gasteiger partial charge in [-0.25, -0.2) is 19.2 Å². The molecule has 1 heterocycles. The van der Waals surface area contributed by atoms with E-state index in [0.29, 0.717) is 11.3 Å². The van der Waals surface area contributed by atoms with Gasteiger partial charge in [-0.15, -0.1) is 11.3 Å². The van der Waals surface area contributed by atoms with Crippen LogP contribution < -0.4 is 5.43 Å². The van der Waals surface area contributed by atoms with Crippen LogP contribution >= 0.6 is 23.1 Å². The molecule has 3 rings (SSSR count). The summed E-state index contributed by atoms with van der Waals surface area (Å²) < 4.78 is 28.0. The Balaban J connectivity index is 1.57. The maximum absolute atomic E-state index is 13.2. The summed E-state index contributed by atoms with van der Waals surface area (Å²) in [6.07, 6.45) is 0. The molecular formula is C17H13F2N3OS2. The van der Waals surface area contributed by atoms with Crippen molar-refractivity contribution in [2.75, 3.05) is 5.75 Å². The van der Waals surface area contributed by atoms with Crippen molar-refractivity contribution in [1.82, 2.24) is 10.4 Å². The highest BCUT2D eigenvalue weighted by molar-refractivity contribution is 8.01. The summed E-state index contributed by atoms with van der Waals surface area (Å²) in [5.41, 5.74) is 4.10. The molecule has 0 spiro atoms. The summed E-state index contributed by atoms with van der Waals surface area (Å²) in [4.78, 5) is 16.3. The number of rotatable bonds is 5. The number of hydrazone groups is 1. The zero-order chi connectivity index (χ0) is 17.8. The van der Waals surface area contributed by atoms with Crippen LogP contribution in [-0.2, 0) is 4.79 Å². The number of carbonyl (C=O) groups excluding carboxylic acids is 1. The summed E-state index contributed by atoms with van der Waals surface area (Å²) in [5.74, 6) is -2.02. The predicted molar refractivity (Wildman–Crippen MR) is 97.1 cm³/mol. The average Bonchev–Trinajstić information content (AvgIpc) is 3.03. The minimum atomic E-state index is -0.954. The van der Waals surface area contributed by atoms with Gasteiger partial charge in [0.1, 0.15) is 0 Å². The van der Waals surface area contributed by atoms with E-state index in [1.165, 1.54) is 29.2 Å². The number of amides is 1. The highest BCUT2D eigenvalue weighted by Crippen LogP contribution is 2.28. The molecule has 0 aliphatic carbocycles.